The summed E-state index contributed by atoms with van der Waals surface area (Å²) in [5.74, 6) is 1.67. The highest BCUT2D eigenvalue weighted by Gasteiger charge is 2.43. The van der Waals surface area contributed by atoms with Crippen molar-refractivity contribution in [3.63, 3.8) is 0 Å². The standard InChI is InChI=1S/C49H45F2N18O2/c1-48(70,36-2-6-40(50)7-3-36)38-24-52-46(53-25-38)65-16-12-64(13-17-65)45-43-19-33(35-22-60-61-23-35)29-68(43)69(31-57-45)49(71,37-4-8-41(51)9-5-37)39-26-54-47(55-27-39)66-14-10-63(11-15-66)44-42-18-32(34-20-58-59-21-34)28-67(42)62-30-56-44/h2-9,18-31,70-71H,10-17H2,1H3,(H,58,59)(H,60,61)/q+1. The molecule has 0 radical (unpaired) electrons. The molecule has 2 atom stereocenters. The van der Waals surface area contributed by atoms with Crippen molar-refractivity contribution in [2.75, 3.05) is 72.0 Å². The van der Waals surface area contributed by atoms with Gasteiger partial charge in [-0.05, 0) is 66.0 Å². The lowest BCUT2D eigenvalue weighted by molar-refractivity contribution is -0.842. The van der Waals surface area contributed by atoms with Crippen LogP contribution in [0.5, 0.6) is 0 Å². The fraction of sp³-hybridized carbons (Fsp3) is 0.224. The monoisotopic (exact) mass is 955 g/mol. The molecule has 2 saturated heterocycles. The summed E-state index contributed by atoms with van der Waals surface area (Å²) < 4.78 is 33.4. The van der Waals surface area contributed by atoms with Gasteiger partial charge >= 0.3 is 6.33 Å². The van der Waals surface area contributed by atoms with Crippen molar-refractivity contribution in [2.45, 2.75) is 18.2 Å². The number of halogens is 2. The Bertz CT molecular complexity index is 3460. The minimum absolute atomic E-state index is 0.328. The molecule has 0 spiro atoms. The van der Waals surface area contributed by atoms with Crippen LogP contribution >= 0.6 is 0 Å². The van der Waals surface area contributed by atoms with E-state index in [0.717, 1.165) is 33.6 Å². The molecule has 22 heteroatoms. The van der Waals surface area contributed by atoms with E-state index in [1.54, 1.807) is 91.9 Å². The average molecular weight is 956 g/mol. The van der Waals surface area contributed by atoms with Crippen molar-refractivity contribution in [1.29, 1.82) is 0 Å². The van der Waals surface area contributed by atoms with Gasteiger partial charge in [0.25, 0.3) is 11.5 Å². The number of rotatable bonds is 11. The smallest absolute Gasteiger partial charge is 0.311 e. The molecule has 2 aromatic carbocycles. The Hall–Kier alpha value is -8.76. The second kappa shape index (κ2) is 17.3. The lowest BCUT2D eigenvalue weighted by Gasteiger charge is -2.35. The molecule has 0 amide bonds. The summed E-state index contributed by atoms with van der Waals surface area (Å²) in [6.07, 6.45) is 20.5. The molecule has 356 valence electrons. The lowest BCUT2D eigenvalue weighted by Crippen LogP contribution is -2.62. The SMILES string of the molecule is CC(O)(c1ccc(F)cc1)c1cnc(N2CCN(c3nc[n+](C(O)(c4ccc(F)cc4)c4cnc(N5CCN(c6ncnn7cc(-c8cn[nH]c8)cc67)CC5)nc4)n4cc(-c5cn[nH]c5)cc34)CC2)nc1. The molecule has 2 aliphatic rings. The number of piperazine rings is 2. The fourth-order valence-corrected chi connectivity index (χ4v) is 9.50. The maximum Gasteiger partial charge on any atom is 0.311 e. The molecule has 4 N–H and O–H groups in total. The second-order valence-electron chi connectivity index (χ2n) is 17.7. The molecule has 0 saturated carbocycles. The minimum atomic E-state index is -1.98. The summed E-state index contributed by atoms with van der Waals surface area (Å²) in [5, 5.41) is 43.0. The molecule has 2 unspecified atom stereocenters. The third-order valence-electron chi connectivity index (χ3n) is 13.5. The molecule has 10 aromatic rings. The van der Waals surface area contributed by atoms with Gasteiger partial charge in [0.2, 0.25) is 11.9 Å². The molecule has 2 fully saturated rings. The molecular weight excluding hydrogens is 911 g/mol. The maximum atomic E-state index is 14.6. The minimum Gasteiger partial charge on any atom is -0.381 e. The summed E-state index contributed by atoms with van der Waals surface area (Å²) in [5.41, 5.74) is 3.47. The Morgan fingerprint density at radius 2 is 1.03 bits per heavy atom. The van der Waals surface area contributed by atoms with Gasteiger partial charge in [-0.3, -0.25) is 10.2 Å². The first-order chi connectivity index (χ1) is 34.6. The van der Waals surface area contributed by atoms with Crippen LogP contribution in [0.15, 0.2) is 135 Å². The van der Waals surface area contributed by atoms with Crippen molar-refractivity contribution < 1.29 is 23.7 Å². The van der Waals surface area contributed by atoms with Crippen LogP contribution in [0.4, 0.5) is 32.3 Å². The van der Waals surface area contributed by atoms with Crippen LogP contribution < -0.4 is 24.3 Å². The predicted octanol–water partition coefficient (Wildman–Crippen LogP) is 3.95. The van der Waals surface area contributed by atoms with Crippen LogP contribution in [0.25, 0.3) is 33.3 Å². The Balaban J connectivity index is 0.818. The Morgan fingerprint density at radius 1 is 0.535 bits per heavy atom. The van der Waals surface area contributed by atoms with E-state index in [-0.39, 0.29) is 5.82 Å². The molecule has 71 heavy (non-hydrogen) atoms. The van der Waals surface area contributed by atoms with E-state index in [0.29, 0.717) is 97.8 Å². The van der Waals surface area contributed by atoms with Crippen LogP contribution in [-0.4, -0.2) is 127 Å². The fourth-order valence-electron chi connectivity index (χ4n) is 9.50. The molecule has 20 nitrogen and oxygen atoms in total. The number of nitrogens with one attached hydrogen (secondary N) is 2. The molecule has 0 bridgehead atoms. The highest BCUT2D eigenvalue weighted by molar-refractivity contribution is 5.78. The Morgan fingerprint density at radius 3 is 1.58 bits per heavy atom. The third-order valence-corrected chi connectivity index (χ3v) is 13.5. The van der Waals surface area contributed by atoms with Crippen LogP contribution in [0.1, 0.15) is 29.2 Å². The first-order valence-electron chi connectivity index (χ1n) is 23.0. The van der Waals surface area contributed by atoms with Gasteiger partial charge in [0, 0.05) is 129 Å². The van der Waals surface area contributed by atoms with Gasteiger partial charge in [-0.1, -0.05) is 12.1 Å². The van der Waals surface area contributed by atoms with Crippen LogP contribution in [0, 0.1) is 11.6 Å². The third kappa shape index (κ3) is 7.78. The zero-order chi connectivity index (χ0) is 48.3. The zero-order valence-electron chi connectivity index (χ0n) is 38.2. The first-order valence-corrected chi connectivity index (χ1v) is 23.0. The van der Waals surface area contributed by atoms with E-state index in [4.69, 9.17) is 15.0 Å². The van der Waals surface area contributed by atoms with E-state index in [1.807, 2.05) is 33.7 Å². The number of aliphatic hydroxyl groups is 2. The predicted molar refractivity (Wildman–Crippen MR) is 256 cm³/mol. The van der Waals surface area contributed by atoms with Crippen LogP contribution in [-0.2, 0) is 11.3 Å². The van der Waals surface area contributed by atoms with E-state index in [2.05, 4.69) is 66.1 Å². The van der Waals surface area contributed by atoms with Gasteiger partial charge in [0.05, 0.1) is 24.2 Å². The zero-order valence-corrected chi connectivity index (χ0v) is 38.2. The van der Waals surface area contributed by atoms with Gasteiger partial charge in [0.15, 0.2) is 11.3 Å². The summed E-state index contributed by atoms with van der Waals surface area (Å²) in [6.45, 7) is 6.42. The summed E-state index contributed by atoms with van der Waals surface area (Å²) in [7, 11) is 0. The summed E-state index contributed by atoms with van der Waals surface area (Å²) >= 11 is 0. The average Bonchev–Trinajstić information content (AvgIpc) is 4.27. The quantitative estimate of drug-likeness (QED) is 0.135. The molecular formula is C49H45F2N18O2+. The van der Waals surface area contributed by atoms with Gasteiger partial charge in [-0.25, -0.2) is 38.2 Å². The van der Waals surface area contributed by atoms with Crippen molar-refractivity contribution in [1.82, 2.24) is 64.4 Å². The van der Waals surface area contributed by atoms with Gasteiger partial charge in [-0.2, -0.15) is 19.8 Å². The lowest BCUT2D eigenvalue weighted by atomic mass is 9.90. The van der Waals surface area contributed by atoms with Crippen molar-refractivity contribution in [2.24, 2.45) is 0 Å². The largest absolute Gasteiger partial charge is 0.381 e. The number of aromatic nitrogens is 14. The van der Waals surface area contributed by atoms with Crippen molar-refractivity contribution >= 4 is 34.6 Å². The Kier molecular flexibility index (Phi) is 10.6. The van der Waals surface area contributed by atoms with E-state index in [1.165, 1.54) is 24.3 Å². The normalized spacial score (nSPS) is 16.2. The van der Waals surface area contributed by atoms with E-state index < -0.39 is 17.1 Å². The first kappa shape index (κ1) is 43.5. The highest BCUT2D eigenvalue weighted by atomic mass is 19.1. The van der Waals surface area contributed by atoms with E-state index >= 15 is 0 Å². The van der Waals surface area contributed by atoms with E-state index in [9.17, 15) is 19.0 Å². The molecule has 12 rings (SSSR count). The number of anilines is 4. The molecule has 0 aliphatic carbocycles. The number of nitrogens with zero attached hydrogens (tertiary/aromatic N) is 16. The molecule has 8 aromatic heterocycles. The molecule has 10 heterocycles. The van der Waals surface area contributed by atoms with Crippen molar-refractivity contribution in [3.05, 3.63) is 169 Å². The topological polar surface area (TPSA) is 214 Å². The second-order valence-corrected chi connectivity index (χ2v) is 17.7. The van der Waals surface area contributed by atoms with Crippen LogP contribution in [0.3, 0.4) is 0 Å². The van der Waals surface area contributed by atoms with Crippen molar-refractivity contribution in [3.8, 4) is 22.3 Å². The number of benzene rings is 2. The van der Waals surface area contributed by atoms with Crippen LogP contribution in [0.2, 0.25) is 0 Å². The summed E-state index contributed by atoms with van der Waals surface area (Å²) in [4.78, 5) is 37.1. The number of hydrogen-bond donors (Lipinski definition) is 4. The Labute approximate surface area is 403 Å². The number of H-pyrrole nitrogens is 2. The number of aromatic amines is 2. The maximum absolute atomic E-state index is 14.6. The van der Waals surface area contributed by atoms with Gasteiger partial charge in [-0.15, -0.1) is 4.68 Å². The van der Waals surface area contributed by atoms with Gasteiger partial charge < -0.3 is 29.8 Å². The molecule has 2 aliphatic heterocycles. The number of fused-ring (bicyclic) bond motifs is 2. The number of hydrogen-bond acceptors (Lipinski definition) is 15. The van der Waals surface area contributed by atoms with Gasteiger partial charge in [0.1, 0.15) is 29.1 Å². The highest BCUT2D eigenvalue weighted by Crippen LogP contribution is 2.33. The summed E-state index contributed by atoms with van der Waals surface area (Å²) in [6, 6.07) is 15.5.